The maximum atomic E-state index is 12.3. The number of amides is 2. The maximum absolute atomic E-state index is 12.3. The average Bonchev–Trinajstić information content (AvgIpc) is 3.39. The summed E-state index contributed by atoms with van der Waals surface area (Å²) in [6.45, 7) is 3.04. The number of nitrogens with one attached hydrogen (secondary N) is 2. The van der Waals surface area contributed by atoms with Crippen molar-refractivity contribution in [3.05, 3.63) is 57.4 Å². The van der Waals surface area contributed by atoms with Crippen LogP contribution in [0.5, 0.6) is 5.88 Å². The first kappa shape index (κ1) is 21.9. The lowest BCUT2D eigenvalue weighted by Crippen LogP contribution is -2.25. The molecule has 7 nitrogen and oxygen atoms in total. The fourth-order valence-corrected chi connectivity index (χ4v) is 4.03. The van der Waals surface area contributed by atoms with Crippen molar-refractivity contribution in [1.82, 2.24) is 15.3 Å². The zero-order valence-corrected chi connectivity index (χ0v) is 18.4. The monoisotopic (exact) mass is 444 g/mol. The number of thiophene rings is 1. The Morgan fingerprint density at radius 3 is 2.83 bits per heavy atom. The predicted octanol–water partition coefficient (Wildman–Crippen LogP) is 3.82. The van der Waals surface area contributed by atoms with E-state index in [-0.39, 0.29) is 18.2 Å². The summed E-state index contributed by atoms with van der Waals surface area (Å²) in [6, 6.07) is 7.54. The van der Waals surface area contributed by atoms with Crippen LogP contribution in [0.3, 0.4) is 0 Å². The van der Waals surface area contributed by atoms with E-state index in [0.29, 0.717) is 36.3 Å². The maximum Gasteiger partial charge on any atom is 0.231 e. The van der Waals surface area contributed by atoms with E-state index in [1.54, 1.807) is 22.9 Å². The summed E-state index contributed by atoms with van der Waals surface area (Å²) in [5.74, 6) is 0.283. The summed E-state index contributed by atoms with van der Waals surface area (Å²) in [7, 11) is 0. The van der Waals surface area contributed by atoms with Crippen molar-refractivity contribution in [2.75, 3.05) is 11.9 Å². The van der Waals surface area contributed by atoms with Crippen LogP contribution < -0.4 is 15.4 Å². The van der Waals surface area contributed by atoms with Gasteiger partial charge < -0.3 is 15.4 Å². The predicted molar refractivity (Wildman–Crippen MR) is 119 cm³/mol. The van der Waals surface area contributed by atoms with Gasteiger partial charge in [-0.15, -0.1) is 22.7 Å². The van der Waals surface area contributed by atoms with Gasteiger partial charge in [-0.2, -0.15) is 0 Å². The van der Waals surface area contributed by atoms with Crippen LogP contribution in [-0.4, -0.2) is 28.4 Å². The standard InChI is InChI=1S/C21H24N4O3S2/c1-2-3-9-28-20-15(6-4-8-22-20)13-23-18(26)11-16-14-30-21(24-16)25-19(27)12-17-7-5-10-29-17/h4-8,10,14H,2-3,9,11-13H2,1H3,(H,23,26)(H,24,25,27). The van der Waals surface area contributed by atoms with Crippen molar-refractivity contribution >= 4 is 39.6 Å². The molecule has 2 N–H and O–H groups in total. The molecule has 0 radical (unpaired) electrons. The zero-order chi connectivity index (χ0) is 21.2. The molecule has 0 saturated heterocycles. The minimum atomic E-state index is -0.153. The number of carbonyl (C=O) groups is 2. The second-order valence-electron chi connectivity index (χ2n) is 6.57. The van der Waals surface area contributed by atoms with Crippen molar-refractivity contribution in [3.8, 4) is 5.88 Å². The lowest BCUT2D eigenvalue weighted by molar-refractivity contribution is -0.120. The van der Waals surface area contributed by atoms with Gasteiger partial charge in [-0.1, -0.05) is 25.5 Å². The molecule has 30 heavy (non-hydrogen) atoms. The quantitative estimate of drug-likeness (QED) is 0.439. The molecule has 3 aromatic rings. The van der Waals surface area contributed by atoms with E-state index in [1.807, 2.05) is 29.6 Å². The van der Waals surface area contributed by atoms with Crippen LogP contribution in [0.1, 0.15) is 35.9 Å². The molecular formula is C21H24N4O3S2. The molecule has 0 fully saturated rings. The van der Waals surface area contributed by atoms with Crippen LogP contribution in [0.2, 0.25) is 0 Å². The third-order valence-corrected chi connectivity index (χ3v) is 5.80. The number of nitrogens with zero attached hydrogens (tertiary/aromatic N) is 2. The first-order chi connectivity index (χ1) is 14.6. The minimum Gasteiger partial charge on any atom is -0.477 e. The Labute approximate surface area is 183 Å². The Morgan fingerprint density at radius 1 is 1.13 bits per heavy atom. The van der Waals surface area contributed by atoms with Crippen LogP contribution >= 0.6 is 22.7 Å². The SMILES string of the molecule is CCCCOc1ncccc1CNC(=O)Cc1csc(NC(=O)Cc2cccs2)n1. The van der Waals surface area contributed by atoms with Gasteiger partial charge in [-0.25, -0.2) is 9.97 Å². The minimum absolute atomic E-state index is 0.116. The van der Waals surface area contributed by atoms with E-state index in [4.69, 9.17) is 4.74 Å². The lowest BCUT2D eigenvalue weighted by atomic mass is 10.2. The molecule has 2 amide bonds. The highest BCUT2D eigenvalue weighted by molar-refractivity contribution is 7.14. The Bertz CT molecular complexity index is 957. The van der Waals surface area contributed by atoms with E-state index < -0.39 is 0 Å². The van der Waals surface area contributed by atoms with Crippen molar-refractivity contribution < 1.29 is 14.3 Å². The Balaban J connectivity index is 1.46. The largest absolute Gasteiger partial charge is 0.477 e. The number of unbranched alkanes of at least 4 members (excludes halogenated alkanes) is 1. The van der Waals surface area contributed by atoms with E-state index in [9.17, 15) is 9.59 Å². The fraction of sp³-hybridized carbons (Fsp3) is 0.333. The number of hydrogen-bond donors (Lipinski definition) is 2. The van der Waals surface area contributed by atoms with E-state index in [0.717, 1.165) is 23.3 Å². The fourth-order valence-electron chi connectivity index (χ4n) is 2.60. The molecule has 0 spiro atoms. The van der Waals surface area contributed by atoms with Crippen LogP contribution in [0.15, 0.2) is 41.2 Å². The second kappa shape index (κ2) is 11.4. The number of rotatable bonds is 11. The van der Waals surface area contributed by atoms with Gasteiger partial charge in [0.05, 0.1) is 25.1 Å². The second-order valence-corrected chi connectivity index (χ2v) is 8.46. The summed E-state index contributed by atoms with van der Waals surface area (Å²) in [4.78, 5) is 33.9. The molecule has 0 bridgehead atoms. The highest BCUT2D eigenvalue weighted by Gasteiger charge is 2.12. The van der Waals surface area contributed by atoms with Crippen molar-refractivity contribution in [1.29, 1.82) is 0 Å². The number of pyridine rings is 1. The van der Waals surface area contributed by atoms with Gasteiger partial charge in [0.1, 0.15) is 0 Å². The van der Waals surface area contributed by atoms with Gasteiger partial charge >= 0.3 is 0 Å². The molecule has 9 heteroatoms. The number of hydrogen-bond acceptors (Lipinski definition) is 7. The van der Waals surface area contributed by atoms with Crippen LogP contribution in [0.25, 0.3) is 0 Å². The topological polar surface area (TPSA) is 93.2 Å². The summed E-state index contributed by atoms with van der Waals surface area (Å²) in [5, 5.41) is 9.88. The molecule has 3 rings (SSSR count). The molecule has 0 atom stereocenters. The summed E-state index contributed by atoms with van der Waals surface area (Å²) < 4.78 is 5.69. The third kappa shape index (κ3) is 6.93. The molecular weight excluding hydrogens is 420 g/mol. The van der Waals surface area contributed by atoms with Crippen molar-refractivity contribution in [2.45, 2.75) is 39.2 Å². The molecule has 0 aliphatic rings. The van der Waals surface area contributed by atoms with Crippen LogP contribution in [0.4, 0.5) is 5.13 Å². The third-order valence-electron chi connectivity index (χ3n) is 4.12. The first-order valence-electron chi connectivity index (χ1n) is 9.74. The molecule has 0 unspecified atom stereocenters. The van der Waals surface area contributed by atoms with Crippen molar-refractivity contribution in [3.63, 3.8) is 0 Å². The van der Waals surface area contributed by atoms with Gasteiger partial charge in [-0.05, 0) is 23.9 Å². The van der Waals surface area contributed by atoms with Gasteiger partial charge in [0.25, 0.3) is 0 Å². The number of thiazole rings is 1. The molecule has 0 aromatic carbocycles. The normalized spacial score (nSPS) is 10.6. The molecule has 158 valence electrons. The molecule has 0 saturated carbocycles. The Kier molecular flexibility index (Phi) is 8.34. The smallest absolute Gasteiger partial charge is 0.231 e. The van der Waals surface area contributed by atoms with Gasteiger partial charge in [-0.3, -0.25) is 9.59 Å². The van der Waals surface area contributed by atoms with Crippen LogP contribution in [0, 0.1) is 0 Å². The van der Waals surface area contributed by atoms with Gasteiger partial charge in [0.15, 0.2) is 5.13 Å². The van der Waals surface area contributed by atoms with E-state index in [2.05, 4.69) is 27.5 Å². The number of aromatic nitrogens is 2. The average molecular weight is 445 g/mol. The molecule has 0 aliphatic heterocycles. The molecule has 3 aromatic heterocycles. The zero-order valence-electron chi connectivity index (χ0n) is 16.7. The summed E-state index contributed by atoms with van der Waals surface area (Å²) in [6.07, 6.45) is 4.14. The highest BCUT2D eigenvalue weighted by atomic mass is 32.1. The first-order valence-corrected chi connectivity index (χ1v) is 11.5. The van der Waals surface area contributed by atoms with E-state index in [1.165, 1.54) is 11.3 Å². The lowest BCUT2D eigenvalue weighted by Gasteiger charge is -2.10. The molecule has 0 aliphatic carbocycles. The summed E-state index contributed by atoms with van der Waals surface area (Å²) >= 11 is 2.85. The number of carbonyl (C=O) groups excluding carboxylic acids is 2. The van der Waals surface area contributed by atoms with Gasteiger partial charge in [0.2, 0.25) is 17.7 Å². The highest BCUT2D eigenvalue weighted by Crippen LogP contribution is 2.18. The Morgan fingerprint density at radius 2 is 2.03 bits per heavy atom. The van der Waals surface area contributed by atoms with E-state index >= 15 is 0 Å². The van der Waals surface area contributed by atoms with Gasteiger partial charge in [0, 0.05) is 28.6 Å². The van der Waals surface area contributed by atoms with Crippen molar-refractivity contribution in [2.24, 2.45) is 0 Å². The number of ether oxygens (including phenoxy) is 1. The molecule has 3 heterocycles. The Hall–Kier alpha value is -2.78. The summed E-state index contributed by atoms with van der Waals surface area (Å²) in [5.41, 5.74) is 1.45. The number of anilines is 1. The van der Waals surface area contributed by atoms with Crippen LogP contribution in [-0.2, 0) is 29.0 Å².